The van der Waals surface area contributed by atoms with Crippen LogP contribution in [0.25, 0.3) is 0 Å². The standard InChI is InChI=1S/C14H11IN4O3S/c1-8-6-9(2-4-11(8)19(21)22)13(20)18-14(23)17-12-5-3-10(15)7-16-12/h2-7H,1H3,(H2,16,17,18,20,23). The van der Waals surface area contributed by atoms with E-state index in [0.717, 1.165) is 3.57 Å². The molecule has 0 unspecified atom stereocenters. The molecule has 0 atom stereocenters. The Morgan fingerprint density at radius 3 is 2.65 bits per heavy atom. The first-order chi connectivity index (χ1) is 10.9. The van der Waals surface area contributed by atoms with Crippen LogP contribution in [-0.2, 0) is 0 Å². The second-order valence-electron chi connectivity index (χ2n) is 4.53. The number of nitro groups is 1. The minimum absolute atomic E-state index is 0.0367. The van der Waals surface area contributed by atoms with Crippen molar-refractivity contribution in [2.75, 3.05) is 5.32 Å². The fourth-order valence-corrected chi connectivity index (χ4v) is 2.29. The van der Waals surface area contributed by atoms with Crippen LogP contribution in [0.5, 0.6) is 0 Å². The van der Waals surface area contributed by atoms with Crippen LogP contribution in [0.1, 0.15) is 15.9 Å². The molecule has 0 aliphatic carbocycles. The number of nitrogens with one attached hydrogen (secondary N) is 2. The zero-order valence-corrected chi connectivity index (χ0v) is 14.8. The molecule has 2 rings (SSSR count). The van der Waals surface area contributed by atoms with Gasteiger partial charge in [-0.1, -0.05) is 0 Å². The molecule has 1 amide bonds. The lowest BCUT2D eigenvalue weighted by Gasteiger charge is -2.09. The van der Waals surface area contributed by atoms with Gasteiger partial charge < -0.3 is 5.32 Å². The van der Waals surface area contributed by atoms with Gasteiger partial charge in [0.05, 0.1) is 4.92 Å². The van der Waals surface area contributed by atoms with Gasteiger partial charge in [-0.05, 0) is 66.0 Å². The molecular weight excluding hydrogens is 431 g/mol. The summed E-state index contributed by atoms with van der Waals surface area (Å²) >= 11 is 7.18. The van der Waals surface area contributed by atoms with E-state index in [0.29, 0.717) is 11.4 Å². The summed E-state index contributed by atoms with van der Waals surface area (Å²) in [4.78, 5) is 26.5. The molecule has 23 heavy (non-hydrogen) atoms. The minimum Gasteiger partial charge on any atom is -0.317 e. The predicted molar refractivity (Wildman–Crippen MR) is 98.5 cm³/mol. The smallest absolute Gasteiger partial charge is 0.272 e. The summed E-state index contributed by atoms with van der Waals surface area (Å²) in [5, 5.41) is 16.2. The van der Waals surface area contributed by atoms with Crippen molar-refractivity contribution in [3.63, 3.8) is 0 Å². The van der Waals surface area contributed by atoms with Gasteiger partial charge in [0.25, 0.3) is 11.6 Å². The first-order valence-electron chi connectivity index (χ1n) is 6.36. The van der Waals surface area contributed by atoms with Crippen molar-refractivity contribution in [2.24, 2.45) is 0 Å². The van der Waals surface area contributed by atoms with E-state index in [4.69, 9.17) is 12.2 Å². The zero-order chi connectivity index (χ0) is 17.0. The number of benzene rings is 1. The number of thiocarbonyl (C=S) groups is 1. The van der Waals surface area contributed by atoms with Crippen LogP contribution in [0.2, 0.25) is 0 Å². The van der Waals surface area contributed by atoms with Gasteiger partial charge in [-0.2, -0.15) is 0 Å². The highest BCUT2D eigenvalue weighted by atomic mass is 127. The third kappa shape index (κ3) is 4.66. The first kappa shape index (κ1) is 17.2. The molecule has 0 saturated heterocycles. The average Bonchev–Trinajstić information content (AvgIpc) is 2.49. The van der Waals surface area contributed by atoms with E-state index < -0.39 is 10.8 Å². The molecule has 0 aliphatic heterocycles. The Labute approximate surface area is 150 Å². The lowest BCUT2D eigenvalue weighted by atomic mass is 10.1. The number of carbonyl (C=O) groups is 1. The molecule has 0 aliphatic rings. The van der Waals surface area contributed by atoms with Gasteiger partial charge >= 0.3 is 0 Å². The van der Waals surface area contributed by atoms with E-state index in [1.807, 2.05) is 6.07 Å². The number of halogens is 1. The van der Waals surface area contributed by atoms with Gasteiger partial charge in [0.2, 0.25) is 0 Å². The van der Waals surface area contributed by atoms with Crippen LogP contribution < -0.4 is 10.6 Å². The van der Waals surface area contributed by atoms with Crippen LogP contribution in [0.15, 0.2) is 36.5 Å². The summed E-state index contributed by atoms with van der Waals surface area (Å²) in [6.45, 7) is 1.57. The molecule has 2 aromatic rings. The number of nitrogens with zero attached hydrogens (tertiary/aromatic N) is 2. The molecule has 1 heterocycles. The molecule has 9 heteroatoms. The van der Waals surface area contributed by atoms with Gasteiger partial charge in [-0.3, -0.25) is 20.2 Å². The average molecular weight is 442 g/mol. The van der Waals surface area contributed by atoms with Crippen LogP contribution in [0.3, 0.4) is 0 Å². The van der Waals surface area contributed by atoms with Crippen molar-refractivity contribution in [2.45, 2.75) is 6.92 Å². The van der Waals surface area contributed by atoms with Gasteiger partial charge in [-0.25, -0.2) is 4.98 Å². The van der Waals surface area contributed by atoms with E-state index in [1.54, 1.807) is 19.2 Å². The lowest BCUT2D eigenvalue weighted by molar-refractivity contribution is -0.385. The van der Waals surface area contributed by atoms with Crippen molar-refractivity contribution in [3.05, 3.63) is 61.3 Å². The number of rotatable bonds is 3. The first-order valence-corrected chi connectivity index (χ1v) is 7.84. The molecular formula is C14H11IN4O3S. The van der Waals surface area contributed by atoms with E-state index in [-0.39, 0.29) is 16.4 Å². The van der Waals surface area contributed by atoms with Gasteiger partial charge in [0.15, 0.2) is 5.11 Å². The van der Waals surface area contributed by atoms with Crippen LogP contribution in [-0.4, -0.2) is 20.9 Å². The Morgan fingerprint density at radius 1 is 1.35 bits per heavy atom. The Morgan fingerprint density at radius 2 is 2.09 bits per heavy atom. The molecule has 0 saturated carbocycles. The molecule has 1 aromatic heterocycles. The Kier molecular flexibility index (Phi) is 5.55. The normalized spacial score (nSPS) is 10.0. The Balaban J connectivity index is 2.03. The molecule has 2 N–H and O–H groups in total. The molecule has 0 spiro atoms. The van der Waals surface area contributed by atoms with Gasteiger partial charge in [0.1, 0.15) is 5.82 Å². The monoisotopic (exact) mass is 442 g/mol. The number of carbonyl (C=O) groups excluding carboxylic acids is 1. The van der Waals surface area contributed by atoms with Crippen molar-refractivity contribution >= 4 is 57.3 Å². The number of hydrogen-bond acceptors (Lipinski definition) is 5. The summed E-state index contributed by atoms with van der Waals surface area (Å²) in [5.41, 5.74) is 0.652. The van der Waals surface area contributed by atoms with E-state index in [1.165, 1.54) is 18.2 Å². The molecule has 1 aromatic carbocycles. The van der Waals surface area contributed by atoms with Gasteiger partial charge in [0, 0.05) is 27.0 Å². The summed E-state index contributed by atoms with van der Waals surface area (Å²) < 4.78 is 0.976. The van der Waals surface area contributed by atoms with Crippen molar-refractivity contribution in [1.82, 2.24) is 10.3 Å². The summed E-state index contributed by atoms with van der Waals surface area (Å²) in [6, 6.07) is 7.70. The maximum Gasteiger partial charge on any atom is 0.272 e. The topological polar surface area (TPSA) is 97.2 Å². The van der Waals surface area contributed by atoms with E-state index >= 15 is 0 Å². The molecule has 118 valence electrons. The number of aromatic nitrogens is 1. The number of aryl methyl sites for hydroxylation is 1. The third-order valence-electron chi connectivity index (χ3n) is 2.85. The highest BCUT2D eigenvalue weighted by molar-refractivity contribution is 14.1. The number of anilines is 1. The molecule has 7 nitrogen and oxygen atoms in total. The predicted octanol–water partition coefficient (Wildman–Crippen LogP) is 3.03. The zero-order valence-electron chi connectivity index (χ0n) is 11.9. The van der Waals surface area contributed by atoms with Crippen LogP contribution in [0, 0.1) is 20.6 Å². The maximum atomic E-state index is 12.1. The highest BCUT2D eigenvalue weighted by Gasteiger charge is 2.14. The van der Waals surface area contributed by atoms with Gasteiger partial charge in [-0.15, -0.1) is 0 Å². The molecule has 0 fully saturated rings. The summed E-state index contributed by atoms with van der Waals surface area (Å²) in [7, 11) is 0. The Hall–Kier alpha value is -2.14. The van der Waals surface area contributed by atoms with Crippen molar-refractivity contribution in [3.8, 4) is 0 Å². The fraction of sp³-hybridized carbons (Fsp3) is 0.0714. The summed E-state index contributed by atoms with van der Waals surface area (Å²) in [5.74, 6) is 0.0570. The SMILES string of the molecule is Cc1cc(C(=O)NC(=S)Nc2ccc(I)cn2)ccc1[N+](=O)[O-]. The number of amides is 1. The second kappa shape index (κ2) is 7.42. The molecule has 0 radical (unpaired) electrons. The Bertz CT molecular complexity index is 780. The van der Waals surface area contributed by atoms with E-state index in [2.05, 4.69) is 38.2 Å². The lowest BCUT2D eigenvalue weighted by Crippen LogP contribution is -2.34. The largest absolute Gasteiger partial charge is 0.317 e. The van der Waals surface area contributed by atoms with Crippen molar-refractivity contribution < 1.29 is 9.72 Å². The second-order valence-corrected chi connectivity index (χ2v) is 6.18. The number of hydrogen-bond donors (Lipinski definition) is 2. The maximum absolute atomic E-state index is 12.1. The third-order valence-corrected chi connectivity index (χ3v) is 3.69. The number of pyridine rings is 1. The minimum atomic E-state index is -0.494. The van der Waals surface area contributed by atoms with Crippen LogP contribution >= 0.6 is 34.8 Å². The highest BCUT2D eigenvalue weighted by Crippen LogP contribution is 2.18. The van der Waals surface area contributed by atoms with E-state index in [9.17, 15) is 14.9 Å². The van der Waals surface area contributed by atoms with Crippen LogP contribution in [0.4, 0.5) is 11.5 Å². The quantitative estimate of drug-likeness (QED) is 0.328. The fourth-order valence-electron chi connectivity index (χ4n) is 1.77. The number of nitro benzene ring substituents is 1. The summed E-state index contributed by atoms with van der Waals surface area (Å²) in [6.07, 6.45) is 1.66. The molecule has 0 bridgehead atoms. The van der Waals surface area contributed by atoms with Crippen molar-refractivity contribution in [1.29, 1.82) is 0 Å².